The molecule has 8 heteroatoms. The summed E-state index contributed by atoms with van der Waals surface area (Å²) in [6, 6.07) is 4.64. The van der Waals surface area contributed by atoms with Crippen molar-refractivity contribution in [3.63, 3.8) is 0 Å². The highest BCUT2D eigenvalue weighted by Crippen LogP contribution is 2.33. The van der Waals surface area contributed by atoms with E-state index in [4.69, 9.17) is 19.6 Å². The van der Waals surface area contributed by atoms with Crippen molar-refractivity contribution in [2.75, 3.05) is 12.1 Å². The van der Waals surface area contributed by atoms with Crippen molar-refractivity contribution in [2.45, 2.75) is 13.8 Å². The zero-order valence-corrected chi connectivity index (χ0v) is 13.0. The van der Waals surface area contributed by atoms with Gasteiger partial charge in [-0.1, -0.05) is 0 Å². The van der Waals surface area contributed by atoms with Crippen molar-refractivity contribution in [3.05, 3.63) is 40.6 Å². The number of rotatable bonds is 4. The Morgan fingerprint density at radius 1 is 1.12 bits per heavy atom. The molecule has 0 atom stereocenters. The number of benzene rings is 1. The molecule has 1 aliphatic rings. The molecule has 1 aliphatic heterocycles. The van der Waals surface area contributed by atoms with E-state index in [1.807, 2.05) is 0 Å². The smallest absolute Gasteiger partial charge is 0.258 e. The molecule has 0 bridgehead atoms. The van der Waals surface area contributed by atoms with Gasteiger partial charge in [-0.25, -0.2) is 0 Å². The Balaban J connectivity index is 1.94. The first-order valence-corrected chi connectivity index (χ1v) is 7.03. The first-order chi connectivity index (χ1) is 11.4. The van der Waals surface area contributed by atoms with E-state index in [0.29, 0.717) is 11.5 Å². The summed E-state index contributed by atoms with van der Waals surface area (Å²) in [5.41, 5.74) is 5.50. The zero-order valence-electron chi connectivity index (χ0n) is 13.0. The number of anilines is 1. The van der Waals surface area contributed by atoms with Gasteiger partial charge in [-0.2, -0.15) is 0 Å². The third kappa shape index (κ3) is 2.58. The van der Waals surface area contributed by atoms with Crippen LogP contribution in [0.25, 0.3) is 0 Å². The van der Waals surface area contributed by atoms with E-state index in [1.165, 1.54) is 26.0 Å². The maximum absolute atomic E-state index is 12.4. The van der Waals surface area contributed by atoms with Crippen molar-refractivity contribution >= 4 is 23.5 Å². The highest BCUT2D eigenvalue weighted by atomic mass is 16.7. The monoisotopic (exact) mass is 330 g/mol. The average molecular weight is 330 g/mol. The number of Topliss-reactive ketones (excluding diaryl/α,β-unsaturated/α-hetero) is 1. The molecule has 0 spiro atoms. The molecule has 0 radical (unpaired) electrons. The molecule has 2 heterocycles. The molecule has 2 amide bonds. The lowest BCUT2D eigenvalue weighted by Crippen LogP contribution is -2.19. The summed E-state index contributed by atoms with van der Waals surface area (Å²) in [5.74, 6) is -0.758. The van der Waals surface area contributed by atoms with Crippen molar-refractivity contribution < 1.29 is 28.3 Å². The molecule has 3 N–H and O–H groups in total. The number of nitrogens with two attached hydrogens (primary N) is 1. The Kier molecular flexibility index (Phi) is 3.72. The van der Waals surface area contributed by atoms with Crippen LogP contribution in [0.1, 0.15) is 43.8 Å². The molecule has 1 aromatic heterocycles. The SMILES string of the molecule is CC(=O)c1c(C)oc(NC(=O)c2ccc3c(c2)OCO3)c1C(N)=O. The quantitative estimate of drug-likeness (QED) is 0.826. The van der Waals surface area contributed by atoms with E-state index in [0.717, 1.165) is 0 Å². The summed E-state index contributed by atoms with van der Waals surface area (Å²) in [7, 11) is 0. The highest BCUT2D eigenvalue weighted by Gasteiger charge is 2.26. The maximum Gasteiger partial charge on any atom is 0.258 e. The van der Waals surface area contributed by atoms with Crippen LogP contribution in [-0.4, -0.2) is 24.4 Å². The fourth-order valence-electron chi connectivity index (χ4n) is 2.50. The molecule has 1 aromatic carbocycles. The van der Waals surface area contributed by atoms with Gasteiger partial charge in [0, 0.05) is 5.56 Å². The summed E-state index contributed by atoms with van der Waals surface area (Å²) < 4.78 is 15.7. The normalized spacial score (nSPS) is 12.1. The van der Waals surface area contributed by atoms with Gasteiger partial charge in [-0.05, 0) is 32.0 Å². The van der Waals surface area contributed by atoms with Crippen LogP contribution in [0, 0.1) is 6.92 Å². The summed E-state index contributed by atoms with van der Waals surface area (Å²) >= 11 is 0. The van der Waals surface area contributed by atoms with Crippen LogP contribution in [0.4, 0.5) is 5.88 Å². The van der Waals surface area contributed by atoms with Crippen molar-refractivity contribution in [1.29, 1.82) is 0 Å². The van der Waals surface area contributed by atoms with Crippen LogP contribution >= 0.6 is 0 Å². The molecule has 0 aliphatic carbocycles. The van der Waals surface area contributed by atoms with E-state index in [2.05, 4.69) is 5.32 Å². The fourth-order valence-corrected chi connectivity index (χ4v) is 2.50. The lowest BCUT2D eigenvalue weighted by molar-refractivity contribution is 0.0974. The Bertz CT molecular complexity index is 868. The van der Waals surface area contributed by atoms with Crippen LogP contribution in [-0.2, 0) is 0 Å². The minimum Gasteiger partial charge on any atom is -0.454 e. The van der Waals surface area contributed by atoms with Gasteiger partial charge in [-0.3, -0.25) is 19.7 Å². The number of furan rings is 1. The number of fused-ring (bicyclic) bond motifs is 1. The molecule has 0 saturated carbocycles. The maximum atomic E-state index is 12.4. The predicted molar refractivity (Wildman–Crippen MR) is 82.5 cm³/mol. The first kappa shape index (κ1) is 15.6. The Morgan fingerprint density at radius 3 is 2.50 bits per heavy atom. The number of hydrogen-bond acceptors (Lipinski definition) is 6. The minimum absolute atomic E-state index is 0.0588. The van der Waals surface area contributed by atoms with Crippen LogP contribution in [0.3, 0.4) is 0 Å². The lowest BCUT2D eigenvalue weighted by atomic mass is 10.1. The minimum atomic E-state index is -0.863. The Labute approximate surface area is 136 Å². The number of carbonyl (C=O) groups excluding carboxylic acids is 3. The second-order valence-corrected chi connectivity index (χ2v) is 5.18. The number of primary amides is 1. The molecular weight excluding hydrogens is 316 g/mol. The number of amides is 2. The molecule has 124 valence electrons. The van der Waals surface area contributed by atoms with Gasteiger partial charge >= 0.3 is 0 Å². The molecular formula is C16H14N2O6. The van der Waals surface area contributed by atoms with Gasteiger partial charge < -0.3 is 19.6 Å². The average Bonchev–Trinajstić information content (AvgIpc) is 3.10. The van der Waals surface area contributed by atoms with Crippen LogP contribution in [0.5, 0.6) is 11.5 Å². The second kappa shape index (κ2) is 5.73. The topological polar surface area (TPSA) is 121 Å². The molecule has 0 unspecified atom stereocenters. The predicted octanol–water partition coefficient (Wildman–Crippen LogP) is 1.87. The van der Waals surface area contributed by atoms with Gasteiger partial charge in [0.2, 0.25) is 12.7 Å². The van der Waals surface area contributed by atoms with Crippen molar-refractivity contribution in [3.8, 4) is 11.5 Å². The number of carbonyl (C=O) groups is 3. The van der Waals surface area contributed by atoms with Crippen LogP contribution < -0.4 is 20.5 Å². The number of nitrogens with one attached hydrogen (secondary N) is 1. The standard InChI is InChI=1S/C16H14N2O6/c1-7(19)12-8(2)24-16(13(12)14(17)20)18-15(21)9-3-4-10-11(5-9)23-6-22-10/h3-5H,6H2,1-2H3,(H2,17,20)(H,18,21). The van der Waals surface area contributed by atoms with E-state index in [9.17, 15) is 14.4 Å². The second-order valence-electron chi connectivity index (χ2n) is 5.18. The van der Waals surface area contributed by atoms with Gasteiger partial charge in [0.05, 0.1) is 5.56 Å². The molecule has 3 rings (SSSR count). The highest BCUT2D eigenvalue weighted by molar-refractivity contribution is 6.13. The van der Waals surface area contributed by atoms with E-state index < -0.39 is 11.8 Å². The number of hydrogen-bond donors (Lipinski definition) is 2. The van der Waals surface area contributed by atoms with Crippen molar-refractivity contribution in [2.24, 2.45) is 5.73 Å². The summed E-state index contributed by atoms with van der Waals surface area (Å²) in [4.78, 5) is 35.7. The summed E-state index contributed by atoms with van der Waals surface area (Å²) in [6.07, 6.45) is 0. The Morgan fingerprint density at radius 2 is 1.83 bits per heavy atom. The molecule has 8 nitrogen and oxygen atoms in total. The number of ketones is 1. The number of aryl methyl sites for hydroxylation is 1. The van der Waals surface area contributed by atoms with Gasteiger partial charge in [0.1, 0.15) is 11.3 Å². The largest absolute Gasteiger partial charge is 0.454 e. The molecule has 2 aromatic rings. The van der Waals surface area contributed by atoms with Gasteiger partial charge in [0.25, 0.3) is 11.8 Å². The molecule has 0 saturated heterocycles. The molecule has 0 fully saturated rings. The van der Waals surface area contributed by atoms with Crippen molar-refractivity contribution in [1.82, 2.24) is 0 Å². The number of ether oxygens (including phenoxy) is 2. The zero-order chi connectivity index (χ0) is 17.4. The summed E-state index contributed by atoms with van der Waals surface area (Å²) in [6.45, 7) is 2.89. The van der Waals surface area contributed by atoms with Crippen LogP contribution in [0.2, 0.25) is 0 Å². The van der Waals surface area contributed by atoms with E-state index in [1.54, 1.807) is 6.07 Å². The van der Waals surface area contributed by atoms with E-state index >= 15 is 0 Å². The first-order valence-electron chi connectivity index (χ1n) is 7.03. The summed E-state index contributed by atoms with van der Waals surface area (Å²) in [5, 5.41) is 2.46. The third-order valence-electron chi connectivity index (χ3n) is 3.54. The lowest BCUT2D eigenvalue weighted by Gasteiger charge is -2.05. The van der Waals surface area contributed by atoms with E-state index in [-0.39, 0.29) is 40.9 Å². The third-order valence-corrected chi connectivity index (χ3v) is 3.54. The fraction of sp³-hybridized carbons (Fsp3) is 0.188. The van der Waals surface area contributed by atoms with Gasteiger partial charge in [0.15, 0.2) is 17.3 Å². The Hall–Kier alpha value is -3.29. The van der Waals surface area contributed by atoms with Gasteiger partial charge in [-0.15, -0.1) is 0 Å². The molecule has 24 heavy (non-hydrogen) atoms. The van der Waals surface area contributed by atoms with Crippen LogP contribution in [0.15, 0.2) is 22.6 Å².